The van der Waals surface area contributed by atoms with Crippen LogP contribution in [-0.4, -0.2) is 30.1 Å². The summed E-state index contributed by atoms with van der Waals surface area (Å²) in [5.74, 6) is 0.886. The Bertz CT molecular complexity index is 563. The molecule has 3 rings (SSSR count). The Balaban J connectivity index is 0.00000161. The highest BCUT2D eigenvalue weighted by Crippen LogP contribution is 2.21. The van der Waals surface area contributed by atoms with E-state index in [1.165, 1.54) is 0 Å². The van der Waals surface area contributed by atoms with E-state index in [0.717, 1.165) is 50.9 Å². The highest BCUT2D eigenvalue weighted by Gasteiger charge is 2.27. The van der Waals surface area contributed by atoms with Gasteiger partial charge < -0.3 is 10.3 Å². The van der Waals surface area contributed by atoms with Gasteiger partial charge in [-0.1, -0.05) is 6.42 Å². The van der Waals surface area contributed by atoms with Crippen LogP contribution in [0, 0.1) is 0 Å². The number of aryl methyl sites for hydroxylation is 2. The summed E-state index contributed by atoms with van der Waals surface area (Å²) in [6.45, 7) is 0.867. The van der Waals surface area contributed by atoms with Crippen LogP contribution in [0.1, 0.15) is 44.3 Å². The highest BCUT2D eigenvalue weighted by molar-refractivity contribution is 7.89. The number of aromatic nitrogens is 2. The third-order valence-corrected chi connectivity index (χ3v) is 5.59. The summed E-state index contributed by atoms with van der Waals surface area (Å²) in [5.41, 5.74) is 5.91. The maximum Gasteiger partial charge on any atom is 0.259 e. The van der Waals surface area contributed by atoms with Crippen molar-refractivity contribution in [2.45, 2.75) is 68.6 Å². The molecule has 1 aliphatic carbocycles. The Morgan fingerprint density at radius 1 is 1.29 bits per heavy atom. The van der Waals surface area contributed by atoms with Crippen LogP contribution in [0.3, 0.4) is 0 Å². The normalized spacial score (nSPS) is 26.0. The van der Waals surface area contributed by atoms with Gasteiger partial charge in [0.25, 0.3) is 10.0 Å². The molecule has 0 amide bonds. The van der Waals surface area contributed by atoms with Crippen LogP contribution in [0.5, 0.6) is 0 Å². The third-order valence-electron chi connectivity index (χ3n) is 4.20. The molecule has 1 saturated carbocycles. The van der Waals surface area contributed by atoms with Crippen LogP contribution in [0.25, 0.3) is 0 Å². The fraction of sp³-hybridized carbons (Fsp3) is 0.769. The minimum absolute atomic E-state index is 0. The molecule has 2 aliphatic rings. The van der Waals surface area contributed by atoms with Gasteiger partial charge in [0.05, 0.1) is 0 Å². The van der Waals surface area contributed by atoms with Crippen molar-refractivity contribution in [2.75, 3.05) is 0 Å². The van der Waals surface area contributed by atoms with Gasteiger partial charge >= 0.3 is 0 Å². The molecule has 2 unspecified atom stereocenters. The first-order valence-electron chi connectivity index (χ1n) is 7.38. The molecule has 21 heavy (non-hydrogen) atoms. The summed E-state index contributed by atoms with van der Waals surface area (Å²) >= 11 is 0. The molecule has 3 N–H and O–H groups in total. The molecule has 120 valence electrons. The number of halogens is 1. The molecule has 0 radical (unpaired) electrons. The topological polar surface area (TPSA) is 90.0 Å². The van der Waals surface area contributed by atoms with Crippen molar-refractivity contribution in [3.05, 3.63) is 12.0 Å². The number of hydrogen-bond donors (Lipinski definition) is 2. The lowest BCUT2D eigenvalue weighted by atomic mass is 9.92. The Morgan fingerprint density at radius 2 is 2.10 bits per heavy atom. The van der Waals surface area contributed by atoms with Gasteiger partial charge in [0, 0.05) is 31.2 Å². The van der Waals surface area contributed by atoms with E-state index < -0.39 is 10.0 Å². The minimum Gasteiger partial charge on any atom is -0.333 e. The number of rotatable bonds is 3. The number of hydrogen-bond acceptors (Lipinski definition) is 4. The van der Waals surface area contributed by atoms with Gasteiger partial charge in [-0.2, -0.15) is 0 Å². The third kappa shape index (κ3) is 3.77. The van der Waals surface area contributed by atoms with Crippen LogP contribution >= 0.6 is 12.4 Å². The first-order chi connectivity index (χ1) is 9.54. The van der Waals surface area contributed by atoms with Gasteiger partial charge in [0.1, 0.15) is 5.82 Å². The zero-order valence-corrected chi connectivity index (χ0v) is 13.6. The molecule has 1 fully saturated rings. The first-order valence-corrected chi connectivity index (χ1v) is 8.87. The van der Waals surface area contributed by atoms with E-state index in [1.54, 1.807) is 6.20 Å². The summed E-state index contributed by atoms with van der Waals surface area (Å²) in [7, 11) is -3.51. The molecule has 0 spiro atoms. The molecule has 1 aromatic heterocycles. The van der Waals surface area contributed by atoms with Crippen molar-refractivity contribution in [3.63, 3.8) is 0 Å². The van der Waals surface area contributed by atoms with E-state index in [0.29, 0.717) is 6.42 Å². The van der Waals surface area contributed by atoms with E-state index in [9.17, 15) is 8.42 Å². The smallest absolute Gasteiger partial charge is 0.259 e. The van der Waals surface area contributed by atoms with Gasteiger partial charge in [-0.3, -0.25) is 0 Å². The van der Waals surface area contributed by atoms with Crippen LogP contribution in [-0.2, 0) is 23.0 Å². The SMILES string of the molecule is Cl.NC1CCCC(NS(=O)(=O)c2cn3c(n2)CCCC3)C1. The molecule has 0 saturated heterocycles. The maximum absolute atomic E-state index is 12.4. The Labute approximate surface area is 132 Å². The van der Waals surface area contributed by atoms with Crippen molar-refractivity contribution in [2.24, 2.45) is 5.73 Å². The number of nitrogens with zero attached hydrogens (tertiary/aromatic N) is 2. The minimum atomic E-state index is -3.51. The van der Waals surface area contributed by atoms with E-state index in [4.69, 9.17) is 5.73 Å². The van der Waals surface area contributed by atoms with Gasteiger partial charge in [-0.05, 0) is 32.1 Å². The highest BCUT2D eigenvalue weighted by atomic mass is 35.5. The molecule has 1 aromatic rings. The number of nitrogens with one attached hydrogen (secondary N) is 1. The van der Waals surface area contributed by atoms with E-state index in [2.05, 4.69) is 9.71 Å². The van der Waals surface area contributed by atoms with E-state index in [-0.39, 0.29) is 29.5 Å². The molecule has 1 aliphatic heterocycles. The second kappa shape index (κ2) is 6.64. The van der Waals surface area contributed by atoms with E-state index in [1.807, 2.05) is 4.57 Å². The predicted molar refractivity (Wildman–Crippen MR) is 83.0 cm³/mol. The molecular weight excluding hydrogens is 312 g/mol. The average Bonchev–Trinajstić information content (AvgIpc) is 2.82. The Kier molecular flexibility index (Phi) is 5.29. The van der Waals surface area contributed by atoms with Gasteiger partial charge in [0.15, 0.2) is 5.03 Å². The van der Waals surface area contributed by atoms with Crippen LogP contribution in [0.2, 0.25) is 0 Å². The average molecular weight is 335 g/mol. The zero-order chi connectivity index (χ0) is 14.2. The summed E-state index contributed by atoms with van der Waals surface area (Å²) in [5, 5.41) is 0.161. The summed E-state index contributed by atoms with van der Waals surface area (Å²) in [6, 6.07) is 0.0501. The number of nitrogens with two attached hydrogens (primary N) is 1. The standard InChI is InChI=1S/C13H22N4O2S.ClH/c14-10-4-3-5-11(8-10)16-20(18,19)13-9-17-7-2-1-6-12(17)15-13;/h9-11,16H,1-8,14H2;1H. The quantitative estimate of drug-likeness (QED) is 0.868. The summed E-state index contributed by atoms with van der Waals surface area (Å²) in [6.07, 6.45) is 8.25. The molecular formula is C13H23ClN4O2S. The monoisotopic (exact) mass is 334 g/mol. The second-order valence-corrected chi connectivity index (χ2v) is 7.55. The maximum atomic E-state index is 12.4. The van der Waals surface area contributed by atoms with Gasteiger partial charge in [-0.15, -0.1) is 12.4 Å². The van der Waals surface area contributed by atoms with E-state index >= 15 is 0 Å². The zero-order valence-electron chi connectivity index (χ0n) is 12.0. The second-order valence-electron chi connectivity index (χ2n) is 5.89. The largest absolute Gasteiger partial charge is 0.333 e. The molecule has 8 heteroatoms. The van der Waals surface area contributed by atoms with Crippen molar-refractivity contribution in [3.8, 4) is 0 Å². The number of imidazole rings is 1. The molecule has 2 atom stereocenters. The molecule has 2 heterocycles. The Hall–Kier alpha value is -0.630. The van der Waals surface area contributed by atoms with Crippen molar-refractivity contribution in [1.82, 2.24) is 14.3 Å². The molecule has 6 nitrogen and oxygen atoms in total. The van der Waals surface area contributed by atoms with Crippen LogP contribution in [0.15, 0.2) is 11.2 Å². The predicted octanol–water partition coefficient (Wildman–Crippen LogP) is 1.19. The molecule has 0 aromatic carbocycles. The lowest BCUT2D eigenvalue weighted by molar-refractivity contribution is 0.371. The Morgan fingerprint density at radius 3 is 2.81 bits per heavy atom. The number of fused-ring (bicyclic) bond motifs is 1. The van der Waals surface area contributed by atoms with Gasteiger partial charge in [-0.25, -0.2) is 18.1 Å². The number of sulfonamides is 1. The summed E-state index contributed by atoms with van der Waals surface area (Å²) in [4.78, 5) is 4.29. The lowest BCUT2D eigenvalue weighted by Crippen LogP contribution is -2.42. The lowest BCUT2D eigenvalue weighted by Gasteiger charge is -2.26. The van der Waals surface area contributed by atoms with Crippen molar-refractivity contribution < 1.29 is 8.42 Å². The fourth-order valence-electron chi connectivity index (χ4n) is 3.13. The van der Waals surface area contributed by atoms with Crippen LogP contribution in [0.4, 0.5) is 0 Å². The van der Waals surface area contributed by atoms with Gasteiger partial charge in [0.2, 0.25) is 0 Å². The van der Waals surface area contributed by atoms with Crippen LogP contribution < -0.4 is 10.5 Å². The van der Waals surface area contributed by atoms with Crippen molar-refractivity contribution >= 4 is 22.4 Å². The fourth-order valence-corrected chi connectivity index (χ4v) is 4.40. The molecule has 0 bridgehead atoms. The summed E-state index contributed by atoms with van der Waals surface area (Å²) < 4.78 is 29.5. The van der Waals surface area contributed by atoms with Crippen molar-refractivity contribution in [1.29, 1.82) is 0 Å². The first kappa shape index (κ1) is 16.7.